The fourth-order valence-electron chi connectivity index (χ4n) is 1.73. The normalized spacial score (nSPS) is 11.3. The zero-order chi connectivity index (χ0) is 13.9. The van der Waals surface area contributed by atoms with Gasteiger partial charge in [0.05, 0.1) is 24.2 Å². The summed E-state index contributed by atoms with van der Waals surface area (Å²) in [7, 11) is -0.611. The third kappa shape index (κ3) is 2.88. The minimum absolute atomic E-state index is 0.124. The highest BCUT2D eigenvalue weighted by Gasteiger charge is 2.20. The monoisotopic (exact) mass is 272 g/mol. The summed E-state index contributed by atoms with van der Waals surface area (Å²) in [5.74, 6) is -0.495. The molecule has 0 radical (unpaired) electrons. The van der Waals surface area contributed by atoms with E-state index in [1.807, 2.05) is 0 Å². The van der Waals surface area contributed by atoms with E-state index in [0.29, 0.717) is 16.7 Å². The van der Waals surface area contributed by atoms with Gasteiger partial charge in [-0.1, -0.05) is 0 Å². The van der Waals surface area contributed by atoms with Crippen LogP contribution in [0.4, 0.5) is 0 Å². The van der Waals surface area contributed by atoms with Crippen molar-refractivity contribution < 1.29 is 22.7 Å². The Morgan fingerprint density at radius 1 is 1.28 bits per heavy atom. The summed E-state index contributed by atoms with van der Waals surface area (Å²) < 4.78 is 33.0. The van der Waals surface area contributed by atoms with Crippen LogP contribution in [0.25, 0.3) is 0 Å². The van der Waals surface area contributed by atoms with E-state index < -0.39 is 15.8 Å². The van der Waals surface area contributed by atoms with E-state index >= 15 is 0 Å². The van der Waals surface area contributed by atoms with Crippen molar-refractivity contribution in [1.82, 2.24) is 0 Å². The van der Waals surface area contributed by atoms with Crippen LogP contribution in [0.3, 0.4) is 0 Å². The first kappa shape index (κ1) is 14.7. The van der Waals surface area contributed by atoms with Crippen molar-refractivity contribution >= 4 is 15.8 Å². The molecule has 1 aromatic carbocycles. The van der Waals surface area contributed by atoms with Gasteiger partial charge in [0.1, 0.15) is 0 Å². The number of carbonyl (C=O) groups excluding carboxylic acids is 1. The quantitative estimate of drug-likeness (QED) is 0.773. The molecule has 0 saturated carbocycles. The third-order valence-electron chi connectivity index (χ3n) is 2.65. The molecule has 0 saturated heterocycles. The van der Waals surface area contributed by atoms with Crippen molar-refractivity contribution in [3.05, 3.63) is 28.8 Å². The highest BCUT2D eigenvalue weighted by Crippen LogP contribution is 2.24. The van der Waals surface area contributed by atoms with Gasteiger partial charge in [-0.25, -0.2) is 13.2 Å². The minimum Gasteiger partial charge on any atom is -0.465 e. The summed E-state index contributed by atoms with van der Waals surface area (Å²) in [6.07, 6.45) is 1.12. The van der Waals surface area contributed by atoms with Gasteiger partial charge in [0.2, 0.25) is 0 Å². The number of benzene rings is 1. The molecular weight excluding hydrogens is 256 g/mol. The summed E-state index contributed by atoms with van der Waals surface area (Å²) >= 11 is 0. The van der Waals surface area contributed by atoms with E-state index in [-0.39, 0.29) is 11.5 Å². The van der Waals surface area contributed by atoms with Gasteiger partial charge < -0.3 is 9.47 Å². The molecule has 0 bridgehead atoms. The highest BCUT2D eigenvalue weighted by molar-refractivity contribution is 7.90. The molecule has 0 atom stereocenters. The first-order valence-corrected chi connectivity index (χ1v) is 7.11. The van der Waals surface area contributed by atoms with E-state index in [2.05, 4.69) is 4.74 Å². The van der Waals surface area contributed by atoms with Crippen molar-refractivity contribution in [3.8, 4) is 0 Å². The molecule has 0 spiro atoms. The summed E-state index contributed by atoms with van der Waals surface area (Å²) in [5.41, 5.74) is 1.39. The zero-order valence-electron chi connectivity index (χ0n) is 10.8. The van der Waals surface area contributed by atoms with Crippen LogP contribution in [0.15, 0.2) is 17.0 Å². The summed E-state index contributed by atoms with van der Waals surface area (Å²) in [6, 6.07) is 2.86. The average molecular weight is 272 g/mol. The Morgan fingerprint density at radius 3 is 2.33 bits per heavy atom. The minimum atomic E-state index is -3.36. The van der Waals surface area contributed by atoms with Crippen LogP contribution in [-0.2, 0) is 25.9 Å². The van der Waals surface area contributed by atoms with Crippen molar-refractivity contribution in [2.24, 2.45) is 0 Å². The second-order valence-corrected chi connectivity index (χ2v) is 5.90. The summed E-state index contributed by atoms with van der Waals surface area (Å²) in [6.45, 7) is 1.80. The molecule has 0 N–H and O–H groups in total. The molecule has 0 amide bonds. The Morgan fingerprint density at radius 2 is 1.89 bits per heavy atom. The predicted molar refractivity (Wildman–Crippen MR) is 66.3 cm³/mol. The lowest BCUT2D eigenvalue weighted by atomic mass is 10.0. The van der Waals surface area contributed by atoms with Gasteiger partial charge in [-0.3, -0.25) is 0 Å². The van der Waals surface area contributed by atoms with Crippen LogP contribution in [0.2, 0.25) is 0 Å². The molecule has 0 fully saturated rings. The Bertz CT molecular complexity index is 560. The first-order chi connectivity index (χ1) is 8.32. The van der Waals surface area contributed by atoms with Gasteiger partial charge in [0.15, 0.2) is 9.84 Å². The zero-order valence-corrected chi connectivity index (χ0v) is 11.6. The largest absolute Gasteiger partial charge is 0.465 e. The Balaban J connectivity index is 3.52. The second kappa shape index (κ2) is 5.49. The smallest absolute Gasteiger partial charge is 0.338 e. The van der Waals surface area contributed by atoms with Crippen molar-refractivity contribution in [2.75, 3.05) is 20.5 Å². The van der Waals surface area contributed by atoms with Gasteiger partial charge >= 0.3 is 5.97 Å². The van der Waals surface area contributed by atoms with E-state index in [4.69, 9.17) is 4.74 Å². The van der Waals surface area contributed by atoms with Gasteiger partial charge in [-0.15, -0.1) is 0 Å². The summed E-state index contributed by atoms with van der Waals surface area (Å²) in [5, 5.41) is 0. The standard InChI is InChI=1S/C12H16O5S/c1-8-9(12(13)17-3)5-6-11(18(4,14)15)10(8)7-16-2/h5-6H,7H2,1-4H3. The molecule has 1 aromatic rings. The maximum absolute atomic E-state index is 11.7. The number of methoxy groups -OCH3 is 2. The molecular formula is C12H16O5S. The number of carbonyl (C=O) groups is 1. The Hall–Kier alpha value is -1.40. The molecule has 100 valence electrons. The number of hydrogen-bond acceptors (Lipinski definition) is 5. The van der Waals surface area contributed by atoms with Gasteiger partial charge in [-0.2, -0.15) is 0 Å². The maximum atomic E-state index is 11.7. The lowest BCUT2D eigenvalue weighted by molar-refractivity contribution is 0.0599. The Kier molecular flexibility index (Phi) is 4.48. The van der Waals surface area contributed by atoms with Crippen molar-refractivity contribution in [2.45, 2.75) is 18.4 Å². The van der Waals surface area contributed by atoms with Crippen LogP contribution in [-0.4, -0.2) is 34.9 Å². The number of sulfone groups is 1. The summed E-state index contributed by atoms with van der Waals surface area (Å²) in [4.78, 5) is 11.7. The highest BCUT2D eigenvalue weighted by atomic mass is 32.2. The lowest BCUT2D eigenvalue weighted by Gasteiger charge is -2.13. The topological polar surface area (TPSA) is 69.7 Å². The molecule has 0 aliphatic heterocycles. The van der Waals surface area contributed by atoms with Gasteiger partial charge in [-0.05, 0) is 24.6 Å². The van der Waals surface area contributed by atoms with Crippen LogP contribution >= 0.6 is 0 Å². The molecule has 5 nitrogen and oxygen atoms in total. The first-order valence-electron chi connectivity index (χ1n) is 5.22. The van der Waals surface area contributed by atoms with Crippen LogP contribution in [0.1, 0.15) is 21.5 Å². The number of hydrogen-bond donors (Lipinski definition) is 0. The number of esters is 1. The van der Waals surface area contributed by atoms with Crippen LogP contribution < -0.4 is 0 Å². The van der Waals surface area contributed by atoms with Crippen LogP contribution in [0, 0.1) is 6.92 Å². The molecule has 0 aliphatic rings. The molecule has 0 aromatic heterocycles. The molecule has 1 rings (SSSR count). The predicted octanol–water partition coefficient (Wildman–Crippen LogP) is 1.33. The Labute approximate surface area is 107 Å². The van der Waals surface area contributed by atoms with Crippen molar-refractivity contribution in [1.29, 1.82) is 0 Å². The molecule has 0 unspecified atom stereocenters. The average Bonchev–Trinajstić information content (AvgIpc) is 2.29. The van der Waals surface area contributed by atoms with E-state index in [0.717, 1.165) is 6.26 Å². The van der Waals surface area contributed by atoms with E-state index in [1.54, 1.807) is 6.92 Å². The fourth-order valence-corrected chi connectivity index (χ4v) is 2.71. The third-order valence-corrected chi connectivity index (χ3v) is 3.83. The molecule has 18 heavy (non-hydrogen) atoms. The SMILES string of the molecule is COCc1c(S(C)(=O)=O)ccc(C(=O)OC)c1C. The second-order valence-electron chi connectivity index (χ2n) is 3.91. The van der Waals surface area contributed by atoms with Crippen LogP contribution in [0.5, 0.6) is 0 Å². The van der Waals surface area contributed by atoms with E-state index in [9.17, 15) is 13.2 Å². The number of rotatable bonds is 4. The van der Waals surface area contributed by atoms with E-state index in [1.165, 1.54) is 26.4 Å². The molecule has 0 aliphatic carbocycles. The molecule has 0 heterocycles. The van der Waals surface area contributed by atoms with Gasteiger partial charge in [0.25, 0.3) is 0 Å². The van der Waals surface area contributed by atoms with Gasteiger partial charge in [0, 0.05) is 18.9 Å². The molecule has 6 heteroatoms. The maximum Gasteiger partial charge on any atom is 0.338 e. The van der Waals surface area contributed by atoms with Crippen molar-refractivity contribution in [3.63, 3.8) is 0 Å². The lowest BCUT2D eigenvalue weighted by Crippen LogP contribution is -2.11. The fraction of sp³-hybridized carbons (Fsp3) is 0.417. The number of ether oxygens (including phenoxy) is 2.